The predicted molar refractivity (Wildman–Crippen MR) is 72.8 cm³/mol. The van der Waals surface area contributed by atoms with Crippen molar-refractivity contribution >= 4 is 18.4 Å². The largest absolute Gasteiger partial charge is 0.506 e. The number of ether oxygens (including phenoxy) is 1. The Kier molecular flexibility index (Phi) is 5.81. The standard InChI is InChI=1S/C13H16N2O3.ClH/c1-13(2,12(17)18-3)11(15)9-6-4-5-8(7-14)10(9)16;/h4-6,11,16H,15H2,1-3H3;1H/t11-;/m1./s1. The average Bonchev–Trinajstić information content (AvgIpc) is 2.37. The number of hydrogen-bond acceptors (Lipinski definition) is 5. The molecule has 0 aromatic heterocycles. The number of nitrogens with two attached hydrogens (primary N) is 1. The summed E-state index contributed by atoms with van der Waals surface area (Å²) in [5.41, 5.74) is 5.48. The molecule has 0 spiro atoms. The number of carbonyl (C=O) groups excluding carboxylic acids is 1. The van der Waals surface area contributed by atoms with Crippen LogP contribution in [0.2, 0.25) is 0 Å². The maximum absolute atomic E-state index is 11.7. The second-order valence-electron chi connectivity index (χ2n) is 4.55. The van der Waals surface area contributed by atoms with Crippen molar-refractivity contribution < 1.29 is 14.6 Å². The van der Waals surface area contributed by atoms with Gasteiger partial charge in [0, 0.05) is 11.6 Å². The molecule has 1 atom stereocenters. The van der Waals surface area contributed by atoms with Gasteiger partial charge in [-0.2, -0.15) is 5.26 Å². The second kappa shape index (κ2) is 6.41. The van der Waals surface area contributed by atoms with Crippen LogP contribution < -0.4 is 5.73 Å². The molecule has 19 heavy (non-hydrogen) atoms. The van der Waals surface area contributed by atoms with Crippen molar-refractivity contribution in [2.75, 3.05) is 7.11 Å². The normalized spacial score (nSPS) is 11.9. The molecule has 0 aliphatic heterocycles. The third-order valence-electron chi connectivity index (χ3n) is 3.01. The minimum atomic E-state index is -1.000. The van der Waals surface area contributed by atoms with Gasteiger partial charge in [0.05, 0.1) is 18.1 Å². The Balaban J connectivity index is 0.00000324. The van der Waals surface area contributed by atoms with Gasteiger partial charge in [-0.25, -0.2) is 0 Å². The molecule has 0 amide bonds. The molecule has 1 aromatic carbocycles. The van der Waals surface area contributed by atoms with E-state index in [2.05, 4.69) is 4.74 Å². The number of hydrogen-bond donors (Lipinski definition) is 2. The molecule has 1 rings (SSSR count). The van der Waals surface area contributed by atoms with Crippen molar-refractivity contribution in [2.45, 2.75) is 19.9 Å². The van der Waals surface area contributed by atoms with E-state index in [0.29, 0.717) is 5.56 Å². The van der Waals surface area contributed by atoms with Crippen molar-refractivity contribution in [1.29, 1.82) is 5.26 Å². The number of nitrogens with zero attached hydrogens (tertiary/aromatic N) is 1. The highest BCUT2D eigenvalue weighted by Crippen LogP contribution is 2.37. The third-order valence-corrected chi connectivity index (χ3v) is 3.01. The highest BCUT2D eigenvalue weighted by Gasteiger charge is 2.38. The molecule has 0 unspecified atom stereocenters. The first-order valence-corrected chi connectivity index (χ1v) is 5.42. The SMILES string of the molecule is COC(=O)C(C)(C)[C@H](N)c1cccc(C#N)c1O.Cl. The van der Waals surface area contributed by atoms with E-state index in [1.165, 1.54) is 13.2 Å². The number of phenolic OH excluding ortho intramolecular Hbond substituents is 1. The number of aromatic hydroxyl groups is 1. The molecule has 0 radical (unpaired) electrons. The molecule has 104 valence electrons. The topological polar surface area (TPSA) is 96.3 Å². The van der Waals surface area contributed by atoms with Crippen LogP contribution in [0.15, 0.2) is 18.2 Å². The highest BCUT2D eigenvalue weighted by molar-refractivity contribution is 5.85. The number of methoxy groups -OCH3 is 1. The lowest BCUT2D eigenvalue weighted by Gasteiger charge is -2.29. The summed E-state index contributed by atoms with van der Waals surface area (Å²) in [4.78, 5) is 11.7. The first kappa shape index (κ1) is 17.2. The highest BCUT2D eigenvalue weighted by atomic mass is 35.5. The Morgan fingerprint density at radius 3 is 2.58 bits per heavy atom. The molecular weight excluding hydrogens is 268 g/mol. The number of para-hydroxylation sites is 1. The van der Waals surface area contributed by atoms with Gasteiger partial charge in [0.2, 0.25) is 0 Å². The van der Waals surface area contributed by atoms with E-state index in [4.69, 9.17) is 11.0 Å². The molecule has 0 aliphatic rings. The van der Waals surface area contributed by atoms with E-state index in [0.717, 1.165) is 0 Å². The van der Waals surface area contributed by atoms with Crippen LogP contribution >= 0.6 is 12.4 Å². The van der Waals surface area contributed by atoms with E-state index in [1.54, 1.807) is 26.0 Å². The third kappa shape index (κ3) is 3.16. The minimum Gasteiger partial charge on any atom is -0.506 e. The Hall–Kier alpha value is -1.77. The van der Waals surface area contributed by atoms with Crippen molar-refractivity contribution in [1.82, 2.24) is 0 Å². The number of benzene rings is 1. The van der Waals surface area contributed by atoms with Crippen LogP contribution in [0.3, 0.4) is 0 Å². The molecule has 5 nitrogen and oxygen atoms in total. The first-order chi connectivity index (χ1) is 8.36. The van der Waals surface area contributed by atoms with Crippen molar-refractivity contribution in [3.63, 3.8) is 0 Å². The van der Waals surface area contributed by atoms with Gasteiger partial charge in [0.25, 0.3) is 0 Å². The van der Waals surface area contributed by atoms with E-state index in [1.807, 2.05) is 6.07 Å². The number of phenols is 1. The second-order valence-corrected chi connectivity index (χ2v) is 4.55. The lowest BCUT2D eigenvalue weighted by Crippen LogP contribution is -2.37. The maximum atomic E-state index is 11.7. The minimum absolute atomic E-state index is 0. The van der Waals surface area contributed by atoms with Gasteiger partial charge in [-0.3, -0.25) is 4.79 Å². The molecule has 6 heteroatoms. The molecular formula is C13H17ClN2O3. The molecule has 0 aliphatic carbocycles. The van der Waals surface area contributed by atoms with Gasteiger partial charge in [0.1, 0.15) is 11.8 Å². The fourth-order valence-electron chi connectivity index (χ4n) is 1.68. The Labute approximate surface area is 118 Å². The summed E-state index contributed by atoms with van der Waals surface area (Å²) in [5.74, 6) is -0.666. The number of nitriles is 1. The lowest BCUT2D eigenvalue weighted by atomic mass is 9.80. The summed E-state index contributed by atoms with van der Waals surface area (Å²) < 4.78 is 4.69. The number of halogens is 1. The van der Waals surface area contributed by atoms with E-state index >= 15 is 0 Å². The van der Waals surface area contributed by atoms with Gasteiger partial charge in [0.15, 0.2) is 0 Å². The molecule has 0 saturated carbocycles. The van der Waals surface area contributed by atoms with Gasteiger partial charge < -0.3 is 15.6 Å². The summed E-state index contributed by atoms with van der Waals surface area (Å²) in [6.45, 7) is 3.25. The zero-order chi connectivity index (χ0) is 13.9. The monoisotopic (exact) mass is 284 g/mol. The van der Waals surface area contributed by atoms with E-state index in [9.17, 15) is 9.90 Å². The molecule has 0 heterocycles. The maximum Gasteiger partial charge on any atom is 0.313 e. The summed E-state index contributed by atoms with van der Waals surface area (Å²) >= 11 is 0. The van der Waals surface area contributed by atoms with Crippen LogP contribution in [0, 0.1) is 16.7 Å². The van der Waals surface area contributed by atoms with Crippen LogP contribution in [0.5, 0.6) is 5.75 Å². The molecule has 1 aromatic rings. The summed E-state index contributed by atoms with van der Waals surface area (Å²) in [5, 5.41) is 18.8. The number of esters is 1. The fraction of sp³-hybridized carbons (Fsp3) is 0.385. The smallest absolute Gasteiger partial charge is 0.313 e. The van der Waals surface area contributed by atoms with Crippen molar-refractivity contribution in [3.8, 4) is 11.8 Å². The van der Waals surface area contributed by atoms with E-state index < -0.39 is 17.4 Å². The number of rotatable bonds is 3. The van der Waals surface area contributed by atoms with Gasteiger partial charge >= 0.3 is 5.97 Å². The zero-order valence-electron chi connectivity index (χ0n) is 11.0. The molecule has 3 N–H and O–H groups in total. The Morgan fingerprint density at radius 2 is 2.11 bits per heavy atom. The molecule has 0 bridgehead atoms. The zero-order valence-corrected chi connectivity index (χ0v) is 11.8. The molecule has 0 saturated heterocycles. The van der Waals surface area contributed by atoms with Gasteiger partial charge in [-0.1, -0.05) is 12.1 Å². The predicted octanol–water partition coefficient (Wildman–Crippen LogP) is 1.88. The lowest BCUT2D eigenvalue weighted by molar-refractivity contribution is -0.152. The summed E-state index contributed by atoms with van der Waals surface area (Å²) in [6.07, 6.45) is 0. The van der Waals surface area contributed by atoms with Crippen LogP contribution in [-0.2, 0) is 9.53 Å². The van der Waals surface area contributed by atoms with Crippen LogP contribution in [-0.4, -0.2) is 18.2 Å². The molecule has 0 fully saturated rings. The number of carbonyl (C=O) groups is 1. The van der Waals surface area contributed by atoms with Crippen LogP contribution in [0.4, 0.5) is 0 Å². The van der Waals surface area contributed by atoms with Crippen LogP contribution in [0.1, 0.15) is 31.0 Å². The van der Waals surface area contributed by atoms with E-state index in [-0.39, 0.29) is 23.7 Å². The first-order valence-electron chi connectivity index (χ1n) is 5.42. The van der Waals surface area contributed by atoms with Gasteiger partial charge in [-0.05, 0) is 19.9 Å². The van der Waals surface area contributed by atoms with Gasteiger partial charge in [-0.15, -0.1) is 12.4 Å². The van der Waals surface area contributed by atoms with Crippen molar-refractivity contribution in [3.05, 3.63) is 29.3 Å². The quantitative estimate of drug-likeness (QED) is 0.826. The Morgan fingerprint density at radius 1 is 1.53 bits per heavy atom. The Bertz CT molecular complexity index is 509. The van der Waals surface area contributed by atoms with Crippen LogP contribution in [0.25, 0.3) is 0 Å². The van der Waals surface area contributed by atoms with Crippen molar-refractivity contribution in [2.24, 2.45) is 11.1 Å². The summed E-state index contributed by atoms with van der Waals surface area (Å²) in [7, 11) is 1.28. The average molecular weight is 285 g/mol. The fourth-order valence-corrected chi connectivity index (χ4v) is 1.68. The summed E-state index contributed by atoms with van der Waals surface area (Å²) in [6, 6.07) is 5.78.